The van der Waals surface area contributed by atoms with Crippen LogP contribution in [0.3, 0.4) is 0 Å². The van der Waals surface area contributed by atoms with Crippen LogP contribution in [0.5, 0.6) is 0 Å². The smallest absolute Gasteiger partial charge is 0.123 e. The average molecular weight is 236 g/mol. The van der Waals surface area contributed by atoms with Crippen LogP contribution in [0.1, 0.15) is 24.0 Å². The van der Waals surface area contributed by atoms with E-state index in [4.69, 9.17) is 0 Å². The van der Waals surface area contributed by atoms with Crippen LogP contribution >= 0.6 is 0 Å². The van der Waals surface area contributed by atoms with Crippen LogP contribution in [-0.4, -0.2) is 31.1 Å². The topological polar surface area (TPSA) is 15.3 Å². The molecule has 3 heteroatoms. The van der Waals surface area contributed by atoms with Crippen molar-refractivity contribution in [2.45, 2.75) is 26.3 Å². The van der Waals surface area contributed by atoms with E-state index in [1.54, 1.807) is 6.07 Å². The molecule has 1 aromatic rings. The SMILES string of the molecule is Cc1cc(F)ccc1CNCCN1CCCC1. The summed E-state index contributed by atoms with van der Waals surface area (Å²) < 4.78 is 12.9. The molecule has 0 atom stereocenters. The maximum absolute atomic E-state index is 12.9. The van der Waals surface area contributed by atoms with Crippen molar-refractivity contribution in [3.63, 3.8) is 0 Å². The second-order valence-corrected chi connectivity index (χ2v) is 4.80. The Kier molecular flexibility index (Phi) is 4.51. The lowest BCUT2D eigenvalue weighted by atomic mass is 10.1. The molecule has 0 aromatic heterocycles. The van der Waals surface area contributed by atoms with Gasteiger partial charge in [0.25, 0.3) is 0 Å². The van der Waals surface area contributed by atoms with E-state index in [-0.39, 0.29) is 5.82 Å². The summed E-state index contributed by atoms with van der Waals surface area (Å²) in [7, 11) is 0. The van der Waals surface area contributed by atoms with Gasteiger partial charge in [0.1, 0.15) is 5.82 Å². The van der Waals surface area contributed by atoms with Gasteiger partial charge in [-0.1, -0.05) is 6.07 Å². The van der Waals surface area contributed by atoms with Crippen LogP contribution in [0.4, 0.5) is 4.39 Å². The highest BCUT2D eigenvalue weighted by molar-refractivity contribution is 5.26. The lowest BCUT2D eigenvalue weighted by molar-refractivity contribution is 0.335. The Hall–Kier alpha value is -0.930. The zero-order valence-electron chi connectivity index (χ0n) is 10.5. The zero-order chi connectivity index (χ0) is 12.1. The number of likely N-dealkylation sites (tertiary alicyclic amines) is 1. The van der Waals surface area contributed by atoms with Gasteiger partial charge in [0.15, 0.2) is 0 Å². The summed E-state index contributed by atoms with van der Waals surface area (Å²) in [5.74, 6) is -0.150. The van der Waals surface area contributed by atoms with E-state index < -0.39 is 0 Å². The summed E-state index contributed by atoms with van der Waals surface area (Å²) in [5, 5.41) is 3.42. The molecule has 1 saturated heterocycles. The molecule has 1 aliphatic heterocycles. The normalized spacial score (nSPS) is 16.6. The van der Waals surface area contributed by atoms with Crippen molar-refractivity contribution in [1.82, 2.24) is 10.2 Å². The Morgan fingerprint density at radius 3 is 2.76 bits per heavy atom. The highest BCUT2D eigenvalue weighted by Crippen LogP contribution is 2.10. The van der Waals surface area contributed by atoms with Crippen LogP contribution in [0, 0.1) is 12.7 Å². The minimum atomic E-state index is -0.150. The van der Waals surface area contributed by atoms with Crippen molar-refractivity contribution in [2.75, 3.05) is 26.2 Å². The van der Waals surface area contributed by atoms with Crippen LogP contribution in [0.25, 0.3) is 0 Å². The molecule has 94 valence electrons. The minimum Gasteiger partial charge on any atom is -0.311 e. The molecule has 1 fully saturated rings. The first-order chi connectivity index (χ1) is 8.25. The third-order valence-electron chi connectivity index (χ3n) is 3.42. The fourth-order valence-corrected chi connectivity index (χ4v) is 2.32. The Morgan fingerprint density at radius 1 is 1.29 bits per heavy atom. The number of nitrogens with one attached hydrogen (secondary N) is 1. The van der Waals surface area contributed by atoms with Gasteiger partial charge in [-0.3, -0.25) is 0 Å². The second kappa shape index (κ2) is 6.12. The molecule has 0 bridgehead atoms. The molecule has 0 saturated carbocycles. The molecule has 2 nitrogen and oxygen atoms in total. The Balaban J connectivity index is 1.70. The first-order valence-electron chi connectivity index (χ1n) is 6.44. The molecule has 1 heterocycles. The summed E-state index contributed by atoms with van der Waals surface area (Å²) in [6.45, 7) is 7.42. The molecule has 1 aromatic carbocycles. The molecule has 0 amide bonds. The van der Waals surface area contributed by atoms with E-state index >= 15 is 0 Å². The maximum atomic E-state index is 12.9. The predicted octanol–water partition coefficient (Wildman–Crippen LogP) is 2.32. The predicted molar refractivity (Wildman–Crippen MR) is 68.5 cm³/mol. The molecule has 17 heavy (non-hydrogen) atoms. The van der Waals surface area contributed by atoms with E-state index in [0.29, 0.717) is 0 Å². The molecule has 2 rings (SSSR count). The van der Waals surface area contributed by atoms with Crippen molar-refractivity contribution in [2.24, 2.45) is 0 Å². The lowest BCUT2D eigenvalue weighted by Crippen LogP contribution is -2.29. The largest absolute Gasteiger partial charge is 0.311 e. The fraction of sp³-hybridized carbons (Fsp3) is 0.571. The fourth-order valence-electron chi connectivity index (χ4n) is 2.32. The minimum absolute atomic E-state index is 0.150. The van der Waals surface area contributed by atoms with Crippen LogP contribution < -0.4 is 5.32 Å². The number of hydrogen-bond donors (Lipinski definition) is 1. The van der Waals surface area contributed by atoms with Crippen LogP contribution in [0.2, 0.25) is 0 Å². The van der Waals surface area contributed by atoms with Gasteiger partial charge in [0.2, 0.25) is 0 Å². The van der Waals surface area contributed by atoms with Gasteiger partial charge < -0.3 is 10.2 Å². The molecule has 0 unspecified atom stereocenters. The highest BCUT2D eigenvalue weighted by Gasteiger charge is 2.10. The molecule has 0 aliphatic carbocycles. The Bertz CT molecular complexity index is 359. The lowest BCUT2D eigenvalue weighted by Gasteiger charge is -2.15. The average Bonchev–Trinajstić information content (AvgIpc) is 2.79. The van der Waals surface area contributed by atoms with Crippen molar-refractivity contribution < 1.29 is 4.39 Å². The van der Waals surface area contributed by atoms with Gasteiger partial charge in [-0.05, 0) is 56.1 Å². The summed E-state index contributed by atoms with van der Waals surface area (Å²) in [6.07, 6.45) is 2.69. The number of rotatable bonds is 5. The number of aryl methyl sites for hydroxylation is 1. The second-order valence-electron chi connectivity index (χ2n) is 4.80. The Morgan fingerprint density at radius 2 is 2.06 bits per heavy atom. The third-order valence-corrected chi connectivity index (χ3v) is 3.42. The third kappa shape index (κ3) is 3.79. The first-order valence-corrected chi connectivity index (χ1v) is 6.44. The van der Waals surface area contributed by atoms with Gasteiger partial charge in [-0.15, -0.1) is 0 Å². The number of halogens is 1. The Labute approximate surface area is 103 Å². The van der Waals surface area contributed by atoms with Crippen LogP contribution in [-0.2, 0) is 6.54 Å². The van der Waals surface area contributed by atoms with E-state index in [2.05, 4.69) is 10.2 Å². The van der Waals surface area contributed by atoms with Gasteiger partial charge in [0.05, 0.1) is 0 Å². The van der Waals surface area contributed by atoms with Gasteiger partial charge in [-0.25, -0.2) is 4.39 Å². The number of benzene rings is 1. The molecule has 0 spiro atoms. The van der Waals surface area contributed by atoms with Crippen molar-refractivity contribution in [3.8, 4) is 0 Å². The molecule has 1 N–H and O–H groups in total. The van der Waals surface area contributed by atoms with E-state index in [0.717, 1.165) is 25.2 Å². The maximum Gasteiger partial charge on any atom is 0.123 e. The summed E-state index contributed by atoms with van der Waals surface area (Å²) in [4.78, 5) is 2.49. The molecular weight excluding hydrogens is 215 g/mol. The number of nitrogens with zero attached hydrogens (tertiary/aromatic N) is 1. The van der Waals surface area contributed by atoms with Gasteiger partial charge in [-0.2, -0.15) is 0 Å². The summed E-state index contributed by atoms with van der Waals surface area (Å²) in [5.41, 5.74) is 2.21. The molecule has 0 radical (unpaired) electrons. The first kappa shape index (κ1) is 12.5. The van der Waals surface area contributed by atoms with Gasteiger partial charge >= 0.3 is 0 Å². The van der Waals surface area contributed by atoms with Gasteiger partial charge in [0, 0.05) is 19.6 Å². The van der Waals surface area contributed by atoms with E-state index in [9.17, 15) is 4.39 Å². The van der Waals surface area contributed by atoms with Crippen LogP contribution in [0.15, 0.2) is 18.2 Å². The van der Waals surface area contributed by atoms with Crippen molar-refractivity contribution >= 4 is 0 Å². The van der Waals surface area contributed by atoms with E-state index in [1.165, 1.54) is 37.6 Å². The van der Waals surface area contributed by atoms with Crippen molar-refractivity contribution in [1.29, 1.82) is 0 Å². The standard InChI is InChI=1S/C14H21FN2/c1-12-10-14(15)5-4-13(12)11-16-6-9-17-7-2-3-8-17/h4-5,10,16H,2-3,6-9,11H2,1H3. The molecule has 1 aliphatic rings. The van der Waals surface area contributed by atoms with Crippen molar-refractivity contribution in [3.05, 3.63) is 35.1 Å². The molecular formula is C14H21FN2. The zero-order valence-corrected chi connectivity index (χ0v) is 10.5. The highest BCUT2D eigenvalue weighted by atomic mass is 19.1. The summed E-state index contributed by atoms with van der Waals surface area (Å²) in [6, 6.07) is 5.00. The monoisotopic (exact) mass is 236 g/mol. The quantitative estimate of drug-likeness (QED) is 0.789. The number of hydrogen-bond acceptors (Lipinski definition) is 2. The van der Waals surface area contributed by atoms with E-state index in [1.807, 2.05) is 13.0 Å². The summed E-state index contributed by atoms with van der Waals surface area (Å²) >= 11 is 0.